The fourth-order valence-corrected chi connectivity index (χ4v) is 11.3. The molecule has 27 nitrogen and oxygen atoms in total. The molecule has 1 aliphatic rings. The van der Waals surface area contributed by atoms with Crippen LogP contribution in [0.5, 0.6) is 0 Å². The molecule has 0 aromatic heterocycles. The second-order valence-corrected chi connectivity index (χ2v) is 27.7. The summed E-state index contributed by atoms with van der Waals surface area (Å²) in [4.78, 5) is 184. The molecule has 1 rings (SSSR count). The van der Waals surface area contributed by atoms with Gasteiger partial charge in [-0.1, -0.05) is 95.2 Å². The van der Waals surface area contributed by atoms with Gasteiger partial charge in [0.1, 0.15) is 60.4 Å². The SMILES string of the molecule is C/C=C/C[C@@H](C)[C@@H](O)[C@H]1C(=O)N[C@@H](CC)C(=O)N(C)CC(=O)N(C)[C@@H]([C@@H](C)OCCCCOC(=O)N(C)C)C(=O)N[C@@H](C(C)C)C(=O)N(C)[C@@H](CC(C)C)C(=O)N[C@@H](C)C(=O)N[C@H](C)C(=O)N(C)[C@@H](CC(C)C)C(=O)N(C)[C@@H](CC(C)C)C(=O)N(C)[C@@H](C(C)C)C(=O)N1C. The van der Waals surface area contributed by atoms with Gasteiger partial charge < -0.3 is 75.0 Å². The Hall–Kier alpha value is -6.90. The van der Waals surface area contributed by atoms with Gasteiger partial charge in [-0.15, -0.1) is 0 Å². The summed E-state index contributed by atoms with van der Waals surface area (Å²) in [5.41, 5.74) is 0. The molecule has 5 N–H and O–H groups in total. The second-order valence-electron chi connectivity index (χ2n) is 27.7. The number of carbonyl (C=O) groups is 12. The fourth-order valence-electron chi connectivity index (χ4n) is 11.3. The maximum atomic E-state index is 15.2. The molecule has 0 bridgehead atoms. The van der Waals surface area contributed by atoms with Gasteiger partial charge in [-0.3, -0.25) is 52.7 Å². The Morgan fingerprint density at radius 3 is 1.50 bits per heavy atom. The van der Waals surface area contributed by atoms with Crippen LogP contribution in [-0.4, -0.2) is 271 Å². The Morgan fingerprint density at radius 2 is 1.01 bits per heavy atom. The zero-order valence-corrected chi connectivity index (χ0v) is 61.4. The van der Waals surface area contributed by atoms with Gasteiger partial charge >= 0.3 is 6.09 Å². The normalized spacial score (nSPS) is 25.6. The third-order valence-electron chi connectivity index (χ3n) is 17.3. The summed E-state index contributed by atoms with van der Waals surface area (Å²) in [6, 6.07) is -13.1. The number of nitrogens with one attached hydrogen (secondary N) is 4. The van der Waals surface area contributed by atoms with Gasteiger partial charge in [0, 0.05) is 70.0 Å². The van der Waals surface area contributed by atoms with E-state index in [-0.39, 0.29) is 63.1 Å². The number of unbranched alkanes of at least 4 members (excludes halogenated alkanes) is 1. The summed E-state index contributed by atoms with van der Waals surface area (Å²) in [5, 5.41) is 23.1. The van der Waals surface area contributed by atoms with Crippen molar-refractivity contribution in [2.45, 2.75) is 228 Å². The molecule has 0 aliphatic carbocycles. The maximum Gasteiger partial charge on any atom is 0.409 e. The van der Waals surface area contributed by atoms with E-state index in [0.717, 1.165) is 14.7 Å². The van der Waals surface area contributed by atoms with E-state index in [4.69, 9.17) is 9.47 Å². The van der Waals surface area contributed by atoms with Crippen molar-refractivity contribution < 1.29 is 72.1 Å². The van der Waals surface area contributed by atoms with E-state index in [1.165, 1.54) is 87.7 Å². The van der Waals surface area contributed by atoms with E-state index in [2.05, 4.69) is 21.3 Å². The lowest BCUT2D eigenvalue weighted by molar-refractivity contribution is -0.157. The van der Waals surface area contributed by atoms with Crippen LogP contribution in [0.2, 0.25) is 0 Å². The summed E-state index contributed by atoms with van der Waals surface area (Å²) >= 11 is 0. The Bertz CT molecular complexity index is 2580. The van der Waals surface area contributed by atoms with Crippen LogP contribution in [0.3, 0.4) is 0 Å². The van der Waals surface area contributed by atoms with Crippen LogP contribution >= 0.6 is 0 Å². The van der Waals surface area contributed by atoms with Gasteiger partial charge in [0.2, 0.25) is 65.0 Å². The lowest BCUT2D eigenvalue weighted by Crippen LogP contribution is -2.63. The highest BCUT2D eigenvalue weighted by Gasteiger charge is 2.46. The molecule has 0 spiro atoms. The van der Waals surface area contributed by atoms with Gasteiger partial charge in [0.15, 0.2) is 0 Å². The van der Waals surface area contributed by atoms with Crippen molar-refractivity contribution in [2.75, 3.05) is 83.2 Å². The van der Waals surface area contributed by atoms with Gasteiger partial charge in [-0.2, -0.15) is 0 Å². The number of hydrogen-bond acceptors (Lipinski definition) is 15. The number of hydrogen-bond donors (Lipinski definition) is 5. The Labute approximate surface area is 560 Å². The zero-order valence-electron chi connectivity index (χ0n) is 61.4. The first kappa shape index (κ1) is 85.1. The minimum Gasteiger partial charge on any atom is -0.449 e. The first-order valence-electron chi connectivity index (χ1n) is 33.3. The highest BCUT2D eigenvalue weighted by atomic mass is 16.6. The Balaban J connectivity index is 4.37. The van der Waals surface area contributed by atoms with E-state index in [1.54, 1.807) is 81.6 Å². The predicted octanol–water partition coefficient (Wildman–Crippen LogP) is 3.11. The van der Waals surface area contributed by atoms with Gasteiger partial charge in [0.25, 0.3) is 0 Å². The van der Waals surface area contributed by atoms with Crippen molar-refractivity contribution in [2.24, 2.45) is 35.5 Å². The Kier molecular flexibility index (Phi) is 36.1. The molecular formula is C67H120N12O15. The van der Waals surface area contributed by atoms with Crippen LogP contribution in [0.15, 0.2) is 12.2 Å². The highest BCUT2D eigenvalue weighted by molar-refractivity contribution is 5.99. The first-order valence-corrected chi connectivity index (χ1v) is 33.3. The van der Waals surface area contributed by atoms with E-state index >= 15 is 14.4 Å². The average Bonchev–Trinajstić information content (AvgIpc) is 0.809. The van der Waals surface area contributed by atoms with Gasteiger partial charge in [0.05, 0.1) is 25.4 Å². The average molecular weight is 1330 g/mol. The molecule has 0 saturated carbocycles. The van der Waals surface area contributed by atoms with E-state index in [9.17, 15) is 48.3 Å². The number of aliphatic hydroxyl groups excluding tert-OH is 1. The molecule has 0 aromatic rings. The van der Waals surface area contributed by atoms with Crippen LogP contribution < -0.4 is 21.3 Å². The molecule has 0 unspecified atom stereocenters. The van der Waals surface area contributed by atoms with Gasteiger partial charge in [-0.25, -0.2) is 4.79 Å². The van der Waals surface area contributed by atoms with Crippen LogP contribution in [-0.2, 0) is 62.2 Å². The van der Waals surface area contributed by atoms with E-state index < -0.39 is 168 Å². The summed E-state index contributed by atoms with van der Waals surface area (Å²) < 4.78 is 11.4. The lowest BCUT2D eigenvalue weighted by atomic mass is 9.91. The van der Waals surface area contributed by atoms with Crippen molar-refractivity contribution in [3.05, 3.63) is 12.2 Å². The highest BCUT2D eigenvalue weighted by Crippen LogP contribution is 2.26. The van der Waals surface area contributed by atoms with Crippen molar-refractivity contribution >= 4 is 71.1 Å². The molecule has 538 valence electrons. The van der Waals surface area contributed by atoms with Crippen LogP contribution in [0.1, 0.15) is 156 Å². The minimum atomic E-state index is -1.65. The monoisotopic (exact) mass is 1330 g/mol. The molecule has 27 heteroatoms. The third kappa shape index (κ3) is 24.7. The molecule has 1 aliphatic heterocycles. The molecular weight excluding hydrogens is 1210 g/mol. The third-order valence-corrected chi connectivity index (χ3v) is 17.3. The summed E-state index contributed by atoms with van der Waals surface area (Å²) in [5.74, 6) is -10.4. The van der Waals surface area contributed by atoms with Crippen LogP contribution in [0.25, 0.3) is 0 Å². The van der Waals surface area contributed by atoms with Crippen molar-refractivity contribution in [3.8, 4) is 0 Å². The number of nitrogens with zero attached hydrogens (tertiary/aromatic N) is 8. The maximum absolute atomic E-state index is 15.2. The molecule has 94 heavy (non-hydrogen) atoms. The number of likely N-dealkylation sites (N-methyl/N-ethyl adjacent to an activating group) is 7. The summed E-state index contributed by atoms with van der Waals surface area (Å²) in [6.45, 7) is 26.9. The van der Waals surface area contributed by atoms with Crippen molar-refractivity contribution in [1.82, 2.24) is 60.5 Å². The van der Waals surface area contributed by atoms with Crippen molar-refractivity contribution in [1.29, 1.82) is 0 Å². The molecule has 1 saturated heterocycles. The summed E-state index contributed by atoms with van der Waals surface area (Å²) in [6.07, 6.45) is 1.81. The van der Waals surface area contributed by atoms with Crippen molar-refractivity contribution in [3.63, 3.8) is 0 Å². The molecule has 13 atom stereocenters. The number of amides is 12. The quantitative estimate of drug-likeness (QED) is 0.0864. The van der Waals surface area contributed by atoms with Crippen LogP contribution in [0, 0.1) is 35.5 Å². The van der Waals surface area contributed by atoms with E-state index in [1.807, 2.05) is 41.5 Å². The lowest BCUT2D eigenvalue weighted by Gasteiger charge is -2.41. The fraction of sp³-hybridized carbons (Fsp3) is 0.791. The molecule has 1 fully saturated rings. The van der Waals surface area contributed by atoms with Crippen LogP contribution in [0.4, 0.5) is 4.79 Å². The molecule has 12 amide bonds. The number of ether oxygens (including phenoxy) is 2. The zero-order chi connectivity index (χ0) is 72.7. The first-order chi connectivity index (χ1) is 43.5. The molecule has 0 aromatic carbocycles. The topological polar surface area (TPSA) is 318 Å². The second kappa shape index (κ2) is 39.8. The standard InChI is InChI=1S/C67H120N12O15/c1-26-28-31-43(13)56(81)55-60(85)70-47(27-2)62(87)73(19)37-51(80)77(23)54(46(16)93-32-29-30-33-94-67(92)72(17)18)59(84)71-52(41(9)10)65(90)74(20)48(34-38(3)4)58(83)68-44(14)57(82)69-45(15)61(86)75(21)49(35-39(5)6)63(88)76(22)50(36-40(7)8)64(89)78(24)53(42(11)12)66(91)79(55)25/h26,28,38-50,52-56,81H,27,29-37H2,1-25H3,(H,68,83)(H,69,82)(H,70,85)(H,71,84)/b28-26+/t43-,44+,45-,46-,47+,48+,49+,50+,52+,53+,54+,55+,56-/m1/s1. The Morgan fingerprint density at radius 1 is 0.543 bits per heavy atom. The smallest absolute Gasteiger partial charge is 0.409 e. The van der Waals surface area contributed by atoms with E-state index in [0.29, 0.717) is 12.8 Å². The number of rotatable bonds is 20. The number of aliphatic hydroxyl groups is 1. The number of allylic oxidation sites excluding steroid dienone is 2. The summed E-state index contributed by atoms with van der Waals surface area (Å²) in [7, 11) is 12.8. The minimum absolute atomic E-state index is 0.0269. The molecule has 1 heterocycles. The predicted molar refractivity (Wildman–Crippen MR) is 359 cm³/mol. The molecule has 0 radical (unpaired) electrons. The number of carbonyl (C=O) groups excluding carboxylic acids is 12. The largest absolute Gasteiger partial charge is 0.449 e. The van der Waals surface area contributed by atoms with Gasteiger partial charge in [-0.05, 0) is 108 Å².